The molecular weight excluding hydrogens is 342 g/mol. The number of carbonyl (C=O) groups is 1. The van der Waals surface area contributed by atoms with Crippen LogP contribution in [0.3, 0.4) is 0 Å². The maximum Gasteiger partial charge on any atom is 0.274 e. The van der Waals surface area contributed by atoms with E-state index < -0.39 is 0 Å². The molecule has 2 aromatic heterocycles. The lowest BCUT2D eigenvalue weighted by Crippen LogP contribution is -2.31. The normalized spacial score (nSPS) is 14.4. The molecule has 0 unspecified atom stereocenters. The van der Waals surface area contributed by atoms with Crippen LogP contribution in [0.4, 0.5) is 5.69 Å². The minimum Gasteiger partial charge on any atom is -0.382 e. The number of hydrogen-bond donors (Lipinski definition) is 3. The van der Waals surface area contributed by atoms with Crippen molar-refractivity contribution >= 4 is 23.1 Å². The molecule has 138 valence electrons. The van der Waals surface area contributed by atoms with E-state index in [-0.39, 0.29) is 11.9 Å². The number of hydrazone groups is 1. The standard InChI is InChI=1S/C19H21N7O/c1-12-5-6-13(18(20)24-26(21)14-7-8-14)10-15(12)23-19(27)16-11-22-17-4-2-3-9-25(16)17/h2-6,9-11,14H,7-8,21H2,1H3,(H2,20,24)(H,23,27). The number of anilines is 1. The lowest BCUT2D eigenvalue weighted by molar-refractivity contribution is 0.102. The molecule has 0 bridgehead atoms. The fraction of sp³-hybridized carbons (Fsp3) is 0.211. The quantitative estimate of drug-likeness (QED) is 0.277. The summed E-state index contributed by atoms with van der Waals surface area (Å²) in [7, 11) is 0. The van der Waals surface area contributed by atoms with Crippen LogP contribution in [0.1, 0.15) is 34.5 Å². The van der Waals surface area contributed by atoms with E-state index in [4.69, 9.17) is 11.6 Å². The summed E-state index contributed by atoms with van der Waals surface area (Å²) in [4.78, 5) is 17.0. The SMILES string of the molecule is Cc1ccc(/C(N)=N/N(N)C2CC2)cc1NC(=O)c1cnc2ccccn12. The summed E-state index contributed by atoms with van der Waals surface area (Å²) in [6, 6.07) is 11.4. The zero-order valence-corrected chi connectivity index (χ0v) is 15.0. The van der Waals surface area contributed by atoms with Crippen LogP contribution < -0.4 is 16.9 Å². The average molecular weight is 363 g/mol. The summed E-state index contributed by atoms with van der Waals surface area (Å²) < 4.78 is 1.74. The van der Waals surface area contributed by atoms with Crippen molar-refractivity contribution < 1.29 is 4.79 Å². The third kappa shape index (κ3) is 3.47. The second-order valence-electron chi connectivity index (χ2n) is 6.65. The van der Waals surface area contributed by atoms with Crippen LogP contribution in [0.2, 0.25) is 0 Å². The Labute approximate surface area is 156 Å². The lowest BCUT2D eigenvalue weighted by atomic mass is 10.1. The number of rotatable bonds is 5. The van der Waals surface area contributed by atoms with Crippen molar-refractivity contribution in [2.75, 3.05) is 5.32 Å². The molecule has 0 radical (unpaired) electrons. The molecule has 1 aliphatic rings. The Kier molecular flexibility index (Phi) is 4.25. The molecule has 2 heterocycles. The number of hydrogen-bond acceptors (Lipinski definition) is 5. The molecule has 1 fully saturated rings. The second kappa shape index (κ2) is 6.73. The van der Waals surface area contributed by atoms with Crippen molar-refractivity contribution in [1.82, 2.24) is 14.5 Å². The van der Waals surface area contributed by atoms with Crippen LogP contribution in [-0.4, -0.2) is 32.3 Å². The minimum atomic E-state index is -0.247. The number of nitrogens with zero attached hydrogens (tertiary/aromatic N) is 4. The largest absolute Gasteiger partial charge is 0.382 e. The highest BCUT2D eigenvalue weighted by Gasteiger charge is 2.26. The summed E-state index contributed by atoms with van der Waals surface area (Å²) in [5.41, 5.74) is 9.53. The third-order valence-corrected chi connectivity index (χ3v) is 4.58. The zero-order chi connectivity index (χ0) is 19.0. The van der Waals surface area contributed by atoms with Gasteiger partial charge in [0.1, 0.15) is 11.3 Å². The van der Waals surface area contributed by atoms with Crippen molar-refractivity contribution in [3.05, 3.63) is 65.6 Å². The van der Waals surface area contributed by atoms with Gasteiger partial charge in [-0.15, -0.1) is 5.10 Å². The van der Waals surface area contributed by atoms with Crippen LogP contribution in [0.25, 0.3) is 5.65 Å². The number of fused-ring (bicyclic) bond motifs is 1. The van der Waals surface area contributed by atoms with Gasteiger partial charge in [-0.1, -0.05) is 18.2 Å². The maximum absolute atomic E-state index is 12.7. The number of aromatic nitrogens is 2. The van der Waals surface area contributed by atoms with Crippen LogP contribution in [0, 0.1) is 6.92 Å². The van der Waals surface area contributed by atoms with Crippen molar-refractivity contribution in [3.8, 4) is 0 Å². The molecule has 3 aromatic rings. The fourth-order valence-electron chi connectivity index (χ4n) is 2.81. The van der Waals surface area contributed by atoms with E-state index in [2.05, 4.69) is 15.4 Å². The van der Waals surface area contributed by atoms with Crippen LogP contribution in [0.5, 0.6) is 0 Å². The van der Waals surface area contributed by atoms with Gasteiger partial charge in [-0.25, -0.2) is 15.9 Å². The number of nitrogens with one attached hydrogen (secondary N) is 1. The van der Waals surface area contributed by atoms with Crippen molar-refractivity contribution in [2.24, 2.45) is 16.7 Å². The molecule has 0 aliphatic heterocycles. The van der Waals surface area contributed by atoms with Crippen molar-refractivity contribution in [1.29, 1.82) is 0 Å². The van der Waals surface area contributed by atoms with E-state index in [0.717, 1.165) is 18.4 Å². The molecule has 0 spiro atoms. The number of hydrazine groups is 1. The molecular formula is C19H21N7O. The predicted molar refractivity (Wildman–Crippen MR) is 104 cm³/mol. The Morgan fingerprint density at radius 2 is 2.15 bits per heavy atom. The van der Waals surface area contributed by atoms with E-state index >= 15 is 0 Å². The van der Waals surface area contributed by atoms with Gasteiger partial charge in [0.15, 0.2) is 5.84 Å². The first-order valence-corrected chi connectivity index (χ1v) is 8.75. The van der Waals surface area contributed by atoms with Gasteiger partial charge in [-0.3, -0.25) is 9.20 Å². The van der Waals surface area contributed by atoms with Gasteiger partial charge in [0, 0.05) is 17.4 Å². The van der Waals surface area contributed by atoms with Gasteiger partial charge >= 0.3 is 0 Å². The number of imidazole rings is 1. The number of nitrogens with two attached hydrogens (primary N) is 2. The molecule has 4 rings (SSSR count). The minimum absolute atomic E-state index is 0.247. The molecule has 1 amide bonds. The molecule has 8 heteroatoms. The van der Waals surface area contributed by atoms with Gasteiger partial charge in [0.2, 0.25) is 0 Å². The summed E-state index contributed by atoms with van der Waals surface area (Å²) in [5, 5.41) is 8.57. The monoisotopic (exact) mass is 363 g/mol. The lowest BCUT2D eigenvalue weighted by Gasteiger charge is -2.14. The molecule has 0 saturated heterocycles. The Morgan fingerprint density at radius 1 is 1.33 bits per heavy atom. The summed E-state index contributed by atoms with van der Waals surface area (Å²) in [5.74, 6) is 5.94. The summed E-state index contributed by atoms with van der Waals surface area (Å²) in [6.45, 7) is 1.92. The van der Waals surface area contributed by atoms with Crippen molar-refractivity contribution in [2.45, 2.75) is 25.8 Å². The number of amidine groups is 1. The van der Waals surface area contributed by atoms with E-state index in [1.54, 1.807) is 22.9 Å². The highest BCUT2D eigenvalue weighted by atomic mass is 16.1. The molecule has 1 aliphatic carbocycles. The highest BCUT2D eigenvalue weighted by Crippen LogP contribution is 2.24. The number of benzene rings is 1. The average Bonchev–Trinajstić information content (AvgIpc) is 3.42. The number of aryl methyl sites for hydroxylation is 1. The Hall–Kier alpha value is -3.39. The van der Waals surface area contributed by atoms with Gasteiger partial charge in [0.25, 0.3) is 5.91 Å². The van der Waals surface area contributed by atoms with Crippen LogP contribution >= 0.6 is 0 Å². The molecule has 1 saturated carbocycles. The number of carbonyl (C=O) groups excluding carboxylic acids is 1. The molecule has 5 N–H and O–H groups in total. The molecule has 27 heavy (non-hydrogen) atoms. The first kappa shape index (κ1) is 17.0. The number of pyridine rings is 1. The van der Waals surface area contributed by atoms with Gasteiger partial charge < -0.3 is 11.1 Å². The van der Waals surface area contributed by atoms with Crippen LogP contribution in [0.15, 0.2) is 53.9 Å². The fourth-order valence-corrected chi connectivity index (χ4v) is 2.81. The third-order valence-electron chi connectivity index (χ3n) is 4.58. The van der Waals surface area contributed by atoms with Crippen molar-refractivity contribution in [3.63, 3.8) is 0 Å². The maximum atomic E-state index is 12.7. The Balaban J connectivity index is 1.59. The van der Waals surface area contributed by atoms with E-state index in [1.807, 2.05) is 37.3 Å². The van der Waals surface area contributed by atoms with E-state index in [0.29, 0.717) is 28.4 Å². The zero-order valence-electron chi connectivity index (χ0n) is 15.0. The van der Waals surface area contributed by atoms with Crippen LogP contribution in [-0.2, 0) is 0 Å². The predicted octanol–water partition coefficient (Wildman–Crippen LogP) is 1.85. The molecule has 8 nitrogen and oxygen atoms in total. The summed E-state index contributed by atoms with van der Waals surface area (Å²) >= 11 is 0. The number of amides is 1. The first-order valence-electron chi connectivity index (χ1n) is 8.75. The first-order chi connectivity index (χ1) is 13.0. The highest BCUT2D eigenvalue weighted by molar-refractivity contribution is 6.05. The summed E-state index contributed by atoms with van der Waals surface area (Å²) in [6.07, 6.45) is 5.42. The molecule has 0 atom stereocenters. The Bertz CT molecular complexity index is 1040. The van der Waals surface area contributed by atoms with Gasteiger partial charge in [-0.05, 0) is 43.5 Å². The second-order valence-corrected chi connectivity index (χ2v) is 6.65. The Morgan fingerprint density at radius 3 is 2.93 bits per heavy atom. The molecule has 1 aromatic carbocycles. The van der Waals surface area contributed by atoms with Gasteiger partial charge in [0.05, 0.1) is 12.2 Å². The van der Waals surface area contributed by atoms with E-state index in [1.165, 1.54) is 5.12 Å². The smallest absolute Gasteiger partial charge is 0.274 e. The van der Waals surface area contributed by atoms with E-state index in [9.17, 15) is 4.79 Å². The van der Waals surface area contributed by atoms with Gasteiger partial charge in [-0.2, -0.15) is 0 Å². The topological polar surface area (TPSA) is 114 Å².